The maximum atomic E-state index is 11.5. The van der Waals surface area contributed by atoms with Gasteiger partial charge in [0.2, 0.25) is 0 Å². The van der Waals surface area contributed by atoms with Gasteiger partial charge in [-0.15, -0.1) is 0 Å². The summed E-state index contributed by atoms with van der Waals surface area (Å²) in [6.07, 6.45) is 5.89. The van der Waals surface area contributed by atoms with Gasteiger partial charge in [-0.05, 0) is 25.7 Å². The number of halogens is 1. The molecule has 1 aliphatic carbocycles. The standard InChI is InChI=1S/C11H17ClO3/c1-10(8-6-4-3-5-7-8)11(12,15-10)9(13)14-2/h8H,3-7H2,1-2H3. The highest BCUT2D eigenvalue weighted by molar-refractivity contribution is 6.35. The number of esters is 1. The molecular weight excluding hydrogens is 216 g/mol. The molecule has 2 aliphatic rings. The third-order valence-electron chi connectivity index (χ3n) is 3.78. The fourth-order valence-corrected chi connectivity index (χ4v) is 3.03. The first-order chi connectivity index (χ1) is 7.04. The van der Waals surface area contributed by atoms with Crippen molar-refractivity contribution in [2.75, 3.05) is 7.11 Å². The number of hydrogen-bond donors (Lipinski definition) is 0. The zero-order chi connectivity index (χ0) is 11.1. The van der Waals surface area contributed by atoms with Gasteiger partial charge >= 0.3 is 5.97 Å². The fourth-order valence-electron chi connectivity index (χ4n) is 2.64. The maximum absolute atomic E-state index is 11.5. The lowest BCUT2D eigenvalue weighted by Crippen LogP contribution is -2.35. The SMILES string of the molecule is COC(=O)C1(Cl)OC1(C)C1CCCCC1. The minimum Gasteiger partial charge on any atom is -0.466 e. The van der Waals surface area contributed by atoms with Gasteiger partial charge in [0.15, 0.2) is 0 Å². The molecule has 2 fully saturated rings. The van der Waals surface area contributed by atoms with Crippen molar-refractivity contribution in [3.63, 3.8) is 0 Å². The van der Waals surface area contributed by atoms with E-state index in [4.69, 9.17) is 16.3 Å². The van der Waals surface area contributed by atoms with Crippen LogP contribution in [0.5, 0.6) is 0 Å². The summed E-state index contributed by atoms with van der Waals surface area (Å²) in [6, 6.07) is 0. The lowest BCUT2D eigenvalue weighted by molar-refractivity contribution is -0.143. The molecule has 0 bridgehead atoms. The van der Waals surface area contributed by atoms with Gasteiger partial charge in [-0.25, -0.2) is 4.79 Å². The first-order valence-electron chi connectivity index (χ1n) is 5.52. The number of hydrogen-bond acceptors (Lipinski definition) is 3. The van der Waals surface area contributed by atoms with Crippen molar-refractivity contribution in [3.8, 4) is 0 Å². The topological polar surface area (TPSA) is 38.8 Å². The van der Waals surface area contributed by atoms with Crippen LogP contribution in [0.25, 0.3) is 0 Å². The number of ether oxygens (including phenoxy) is 2. The fraction of sp³-hybridized carbons (Fsp3) is 0.909. The van der Waals surface area contributed by atoms with E-state index in [0.29, 0.717) is 5.92 Å². The predicted molar refractivity (Wildman–Crippen MR) is 56.7 cm³/mol. The third-order valence-corrected chi connectivity index (χ3v) is 4.39. The summed E-state index contributed by atoms with van der Waals surface area (Å²) in [6.45, 7) is 1.92. The Kier molecular flexibility index (Phi) is 2.72. The van der Waals surface area contributed by atoms with Gasteiger partial charge in [-0.2, -0.15) is 0 Å². The van der Waals surface area contributed by atoms with Gasteiger partial charge < -0.3 is 9.47 Å². The molecule has 4 heteroatoms. The van der Waals surface area contributed by atoms with Crippen LogP contribution in [0.2, 0.25) is 0 Å². The zero-order valence-corrected chi connectivity index (χ0v) is 9.97. The molecule has 1 saturated carbocycles. The number of carbonyl (C=O) groups excluding carboxylic acids is 1. The molecule has 0 N–H and O–H groups in total. The second kappa shape index (κ2) is 3.63. The van der Waals surface area contributed by atoms with E-state index < -0.39 is 16.6 Å². The van der Waals surface area contributed by atoms with Crippen LogP contribution in [-0.2, 0) is 14.3 Å². The van der Waals surface area contributed by atoms with Crippen LogP contribution < -0.4 is 0 Å². The number of methoxy groups -OCH3 is 1. The summed E-state index contributed by atoms with van der Waals surface area (Å²) < 4.78 is 10.1. The normalized spacial score (nSPS) is 41.3. The van der Waals surface area contributed by atoms with E-state index in [2.05, 4.69) is 4.74 Å². The van der Waals surface area contributed by atoms with E-state index in [1.54, 1.807) is 0 Å². The highest BCUT2D eigenvalue weighted by atomic mass is 35.5. The zero-order valence-electron chi connectivity index (χ0n) is 9.22. The summed E-state index contributed by atoms with van der Waals surface area (Å²) in [5.74, 6) is -0.0694. The van der Waals surface area contributed by atoms with Gasteiger partial charge in [0.1, 0.15) is 5.60 Å². The van der Waals surface area contributed by atoms with Gasteiger partial charge in [-0.3, -0.25) is 0 Å². The van der Waals surface area contributed by atoms with Gasteiger partial charge in [0.25, 0.3) is 5.06 Å². The Labute approximate surface area is 95.1 Å². The summed E-state index contributed by atoms with van der Waals surface area (Å²) in [4.78, 5) is 11.5. The molecule has 0 aromatic heterocycles. The molecule has 2 rings (SSSR count). The van der Waals surface area contributed by atoms with Crippen molar-refractivity contribution in [2.45, 2.75) is 49.7 Å². The number of rotatable bonds is 2. The average molecular weight is 233 g/mol. The number of alkyl halides is 1. The molecular formula is C11H17ClO3. The van der Waals surface area contributed by atoms with Crippen LogP contribution in [-0.4, -0.2) is 23.7 Å². The van der Waals surface area contributed by atoms with Crippen molar-refractivity contribution in [2.24, 2.45) is 5.92 Å². The average Bonchev–Trinajstić information content (AvgIpc) is 2.85. The third kappa shape index (κ3) is 1.56. The quantitative estimate of drug-likeness (QED) is 0.417. The van der Waals surface area contributed by atoms with E-state index in [1.165, 1.54) is 26.4 Å². The largest absolute Gasteiger partial charge is 0.466 e. The van der Waals surface area contributed by atoms with Crippen LogP contribution in [0.15, 0.2) is 0 Å². The van der Waals surface area contributed by atoms with Gasteiger partial charge in [0, 0.05) is 0 Å². The summed E-state index contributed by atoms with van der Waals surface area (Å²) in [5.41, 5.74) is -0.512. The Balaban J connectivity index is 2.07. The Bertz CT molecular complexity index is 275. The Morgan fingerprint density at radius 3 is 2.53 bits per heavy atom. The molecule has 86 valence electrons. The molecule has 3 nitrogen and oxygen atoms in total. The van der Waals surface area contributed by atoms with Crippen molar-refractivity contribution >= 4 is 17.6 Å². The second-order valence-corrected chi connectivity index (χ2v) is 5.16. The molecule has 0 radical (unpaired) electrons. The van der Waals surface area contributed by atoms with Gasteiger partial charge in [-0.1, -0.05) is 30.9 Å². The first-order valence-corrected chi connectivity index (χ1v) is 5.90. The van der Waals surface area contributed by atoms with Crippen LogP contribution in [0.1, 0.15) is 39.0 Å². The summed E-state index contributed by atoms with van der Waals surface area (Å²) in [5, 5.41) is -1.22. The van der Waals surface area contributed by atoms with Crippen LogP contribution in [0.3, 0.4) is 0 Å². The Morgan fingerprint density at radius 1 is 1.40 bits per heavy atom. The Hall–Kier alpha value is -0.280. The van der Waals surface area contributed by atoms with Crippen LogP contribution in [0, 0.1) is 5.92 Å². The van der Waals surface area contributed by atoms with Gasteiger partial charge in [0.05, 0.1) is 7.11 Å². The second-order valence-electron chi connectivity index (χ2n) is 4.63. The molecule has 0 aromatic rings. The lowest BCUT2D eigenvalue weighted by atomic mass is 9.79. The number of epoxide rings is 1. The first kappa shape index (κ1) is 11.2. The molecule has 2 unspecified atom stereocenters. The molecule has 1 aliphatic heterocycles. The van der Waals surface area contributed by atoms with E-state index in [0.717, 1.165) is 12.8 Å². The molecule has 0 spiro atoms. The maximum Gasteiger partial charge on any atom is 0.357 e. The Morgan fingerprint density at radius 2 is 2.00 bits per heavy atom. The minimum atomic E-state index is -1.22. The van der Waals surface area contributed by atoms with E-state index in [9.17, 15) is 4.79 Å². The van der Waals surface area contributed by atoms with Crippen molar-refractivity contribution in [1.82, 2.24) is 0 Å². The molecule has 1 saturated heterocycles. The highest BCUT2D eigenvalue weighted by Crippen LogP contribution is 2.59. The van der Waals surface area contributed by atoms with E-state index >= 15 is 0 Å². The molecule has 2 atom stereocenters. The highest BCUT2D eigenvalue weighted by Gasteiger charge is 2.75. The number of carbonyl (C=O) groups is 1. The lowest BCUT2D eigenvalue weighted by Gasteiger charge is -2.26. The molecule has 15 heavy (non-hydrogen) atoms. The molecule has 0 amide bonds. The smallest absolute Gasteiger partial charge is 0.357 e. The van der Waals surface area contributed by atoms with Crippen molar-refractivity contribution in [1.29, 1.82) is 0 Å². The van der Waals surface area contributed by atoms with Crippen molar-refractivity contribution < 1.29 is 14.3 Å². The molecule has 1 heterocycles. The monoisotopic (exact) mass is 232 g/mol. The van der Waals surface area contributed by atoms with Crippen molar-refractivity contribution in [3.05, 3.63) is 0 Å². The van der Waals surface area contributed by atoms with E-state index in [-0.39, 0.29) is 0 Å². The predicted octanol–water partition coefficient (Wildman–Crippen LogP) is 2.46. The van der Waals surface area contributed by atoms with E-state index in [1.807, 2.05) is 6.92 Å². The molecule has 0 aromatic carbocycles. The van der Waals surface area contributed by atoms with Crippen LogP contribution >= 0.6 is 11.6 Å². The summed E-state index contributed by atoms with van der Waals surface area (Å²) >= 11 is 6.14. The minimum absolute atomic E-state index is 0.392. The van der Waals surface area contributed by atoms with Crippen LogP contribution in [0.4, 0.5) is 0 Å². The summed E-state index contributed by atoms with van der Waals surface area (Å²) in [7, 11) is 1.34.